The van der Waals surface area contributed by atoms with Crippen LogP contribution in [0.25, 0.3) is 0 Å². The lowest BCUT2D eigenvalue weighted by Crippen LogP contribution is -2.34. The molecule has 0 radical (unpaired) electrons. The van der Waals surface area contributed by atoms with Crippen molar-refractivity contribution in [3.05, 3.63) is 28.5 Å². The Hall–Kier alpha value is -1.93. The van der Waals surface area contributed by atoms with E-state index in [1.807, 2.05) is 17.5 Å². The van der Waals surface area contributed by atoms with Gasteiger partial charge in [0, 0.05) is 44.3 Å². The van der Waals surface area contributed by atoms with Crippen LogP contribution in [-0.4, -0.2) is 57.3 Å². The Bertz CT molecular complexity index is 696. The van der Waals surface area contributed by atoms with Crippen LogP contribution >= 0.6 is 11.3 Å². The number of urea groups is 1. The van der Waals surface area contributed by atoms with E-state index < -0.39 is 0 Å². The molecule has 0 unspecified atom stereocenters. The van der Waals surface area contributed by atoms with E-state index in [0.717, 1.165) is 44.0 Å². The van der Waals surface area contributed by atoms with Crippen LogP contribution in [0.3, 0.4) is 0 Å². The Morgan fingerprint density at radius 3 is 3.04 bits per heavy atom. The standard InChI is InChI=1S/C16H24N6OS/c1-12-15(24-11-17-12)10-20(2)7-13-4-5-22(8-13)16(23)19-14-6-18-21(3)9-14/h6,9,11,13H,4-5,7-8,10H2,1-3H3,(H,19,23)/t13-/m0/s1. The van der Waals surface area contributed by atoms with Gasteiger partial charge in [0.1, 0.15) is 0 Å². The van der Waals surface area contributed by atoms with Crippen molar-refractivity contribution in [1.82, 2.24) is 24.6 Å². The van der Waals surface area contributed by atoms with E-state index in [2.05, 4.69) is 34.3 Å². The molecule has 24 heavy (non-hydrogen) atoms. The van der Waals surface area contributed by atoms with Crippen LogP contribution in [0.15, 0.2) is 17.9 Å². The number of carbonyl (C=O) groups excluding carboxylic acids is 1. The van der Waals surface area contributed by atoms with Crippen molar-refractivity contribution in [2.45, 2.75) is 19.9 Å². The van der Waals surface area contributed by atoms with Gasteiger partial charge >= 0.3 is 6.03 Å². The van der Waals surface area contributed by atoms with Gasteiger partial charge in [0.25, 0.3) is 0 Å². The maximum absolute atomic E-state index is 12.3. The molecule has 1 atom stereocenters. The number of hydrogen-bond donors (Lipinski definition) is 1. The molecule has 0 saturated carbocycles. The number of likely N-dealkylation sites (tertiary alicyclic amines) is 1. The molecule has 1 aliphatic rings. The SMILES string of the molecule is Cc1ncsc1CN(C)C[C@@H]1CCN(C(=O)Nc2cnn(C)c2)C1. The highest BCUT2D eigenvalue weighted by Gasteiger charge is 2.27. The molecule has 2 aromatic heterocycles. The molecule has 7 nitrogen and oxygen atoms in total. The Morgan fingerprint density at radius 1 is 1.54 bits per heavy atom. The number of rotatable bonds is 5. The van der Waals surface area contributed by atoms with E-state index >= 15 is 0 Å². The highest BCUT2D eigenvalue weighted by atomic mass is 32.1. The quantitative estimate of drug-likeness (QED) is 0.899. The second-order valence-corrected chi connectivity index (χ2v) is 7.43. The lowest BCUT2D eigenvalue weighted by Gasteiger charge is -2.21. The molecule has 0 spiro atoms. The van der Waals surface area contributed by atoms with Gasteiger partial charge in [0.05, 0.1) is 23.1 Å². The first-order valence-corrected chi connectivity index (χ1v) is 9.01. The lowest BCUT2D eigenvalue weighted by molar-refractivity contribution is 0.217. The molecule has 0 aliphatic carbocycles. The Kier molecular flexibility index (Phi) is 5.15. The summed E-state index contributed by atoms with van der Waals surface area (Å²) in [5.41, 5.74) is 3.76. The lowest BCUT2D eigenvalue weighted by atomic mass is 10.1. The molecule has 8 heteroatoms. The maximum Gasteiger partial charge on any atom is 0.321 e. The average Bonchev–Trinajstić information content (AvgIpc) is 3.23. The van der Waals surface area contributed by atoms with E-state index in [9.17, 15) is 4.79 Å². The molecule has 2 aromatic rings. The second kappa shape index (κ2) is 7.31. The summed E-state index contributed by atoms with van der Waals surface area (Å²) in [6, 6.07) is -0.0357. The molecule has 1 fully saturated rings. The number of anilines is 1. The van der Waals surface area contributed by atoms with Gasteiger partial charge in [-0.05, 0) is 26.3 Å². The van der Waals surface area contributed by atoms with Crippen molar-refractivity contribution in [1.29, 1.82) is 0 Å². The van der Waals surface area contributed by atoms with Gasteiger partial charge in [-0.1, -0.05) is 0 Å². The first-order valence-electron chi connectivity index (χ1n) is 8.13. The molecule has 2 amide bonds. The van der Waals surface area contributed by atoms with Crippen LogP contribution < -0.4 is 5.32 Å². The van der Waals surface area contributed by atoms with E-state index in [-0.39, 0.29) is 6.03 Å². The van der Waals surface area contributed by atoms with E-state index in [1.165, 1.54) is 4.88 Å². The summed E-state index contributed by atoms with van der Waals surface area (Å²) in [7, 11) is 3.97. The predicted octanol–water partition coefficient (Wildman–Crippen LogP) is 2.17. The Balaban J connectivity index is 1.46. The number of aryl methyl sites for hydroxylation is 2. The van der Waals surface area contributed by atoms with Gasteiger partial charge in [-0.15, -0.1) is 11.3 Å². The highest BCUT2D eigenvalue weighted by molar-refractivity contribution is 7.09. The molecular formula is C16H24N6OS. The molecule has 1 aliphatic heterocycles. The number of carbonyl (C=O) groups is 1. The van der Waals surface area contributed by atoms with Crippen LogP contribution in [0.2, 0.25) is 0 Å². The smallest absolute Gasteiger partial charge is 0.321 e. The monoisotopic (exact) mass is 348 g/mol. The zero-order valence-corrected chi connectivity index (χ0v) is 15.2. The summed E-state index contributed by atoms with van der Waals surface area (Å²) in [6.07, 6.45) is 4.51. The fraction of sp³-hybridized carbons (Fsp3) is 0.562. The van der Waals surface area contributed by atoms with E-state index in [1.54, 1.807) is 28.4 Å². The summed E-state index contributed by atoms with van der Waals surface area (Å²) in [5.74, 6) is 0.517. The summed E-state index contributed by atoms with van der Waals surface area (Å²) in [6.45, 7) is 5.59. The van der Waals surface area contributed by atoms with E-state index in [4.69, 9.17) is 0 Å². The molecule has 130 valence electrons. The van der Waals surface area contributed by atoms with Crippen LogP contribution in [0.1, 0.15) is 17.0 Å². The number of hydrogen-bond acceptors (Lipinski definition) is 5. The molecule has 3 rings (SSSR count). The third-order valence-electron chi connectivity index (χ3n) is 4.36. The number of nitrogens with zero attached hydrogens (tertiary/aromatic N) is 5. The van der Waals surface area contributed by atoms with Gasteiger partial charge < -0.3 is 15.1 Å². The van der Waals surface area contributed by atoms with Crippen molar-refractivity contribution in [3.8, 4) is 0 Å². The summed E-state index contributed by atoms with van der Waals surface area (Å²) in [5, 5.41) is 6.97. The van der Waals surface area contributed by atoms with Gasteiger partial charge in [0.2, 0.25) is 0 Å². The minimum absolute atomic E-state index is 0.0357. The third-order valence-corrected chi connectivity index (χ3v) is 5.28. The fourth-order valence-corrected chi connectivity index (χ4v) is 3.94. The number of aromatic nitrogens is 3. The number of thiazole rings is 1. The molecule has 0 bridgehead atoms. The first kappa shape index (κ1) is 16.9. The van der Waals surface area contributed by atoms with Crippen molar-refractivity contribution in [2.24, 2.45) is 13.0 Å². The van der Waals surface area contributed by atoms with Gasteiger partial charge in [-0.25, -0.2) is 9.78 Å². The normalized spacial score (nSPS) is 17.7. The maximum atomic E-state index is 12.3. The Morgan fingerprint density at radius 2 is 2.38 bits per heavy atom. The van der Waals surface area contributed by atoms with Crippen LogP contribution in [-0.2, 0) is 13.6 Å². The van der Waals surface area contributed by atoms with Gasteiger partial charge in [-0.3, -0.25) is 4.68 Å². The van der Waals surface area contributed by atoms with Gasteiger partial charge in [0.15, 0.2) is 0 Å². The van der Waals surface area contributed by atoms with Crippen molar-refractivity contribution < 1.29 is 4.79 Å². The van der Waals surface area contributed by atoms with Crippen LogP contribution in [0.4, 0.5) is 10.5 Å². The van der Waals surface area contributed by atoms with Crippen LogP contribution in [0, 0.1) is 12.8 Å². The van der Waals surface area contributed by atoms with Crippen LogP contribution in [0.5, 0.6) is 0 Å². The van der Waals surface area contributed by atoms with Crippen molar-refractivity contribution in [3.63, 3.8) is 0 Å². The minimum atomic E-state index is -0.0357. The molecule has 0 aromatic carbocycles. The molecule has 1 saturated heterocycles. The van der Waals surface area contributed by atoms with Gasteiger partial charge in [-0.2, -0.15) is 5.10 Å². The largest absolute Gasteiger partial charge is 0.324 e. The molecular weight excluding hydrogens is 324 g/mol. The summed E-state index contributed by atoms with van der Waals surface area (Å²) < 4.78 is 1.68. The zero-order chi connectivity index (χ0) is 17.1. The molecule has 1 N–H and O–H groups in total. The Labute approximate surface area is 146 Å². The summed E-state index contributed by atoms with van der Waals surface area (Å²) in [4.78, 5) is 22.2. The number of amides is 2. The third kappa shape index (κ3) is 4.12. The predicted molar refractivity (Wildman–Crippen MR) is 95.1 cm³/mol. The van der Waals surface area contributed by atoms with Crippen molar-refractivity contribution >= 4 is 23.1 Å². The molecule has 3 heterocycles. The first-order chi connectivity index (χ1) is 11.5. The second-order valence-electron chi connectivity index (χ2n) is 6.49. The topological polar surface area (TPSA) is 66.3 Å². The van der Waals surface area contributed by atoms with E-state index in [0.29, 0.717) is 5.92 Å². The zero-order valence-electron chi connectivity index (χ0n) is 14.4. The number of nitrogens with one attached hydrogen (secondary N) is 1. The highest BCUT2D eigenvalue weighted by Crippen LogP contribution is 2.20. The summed E-state index contributed by atoms with van der Waals surface area (Å²) >= 11 is 1.71. The fourth-order valence-electron chi connectivity index (χ4n) is 3.08. The average molecular weight is 348 g/mol. The van der Waals surface area contributed by atoms with Crippen molar-refractivity contribution in [2.75, 3.05) is 32.0 Å². The minimum Gasteiger partial charge on any atom is -0.324 e.